The molecule has 0 bridgehead atoms. The topological polar surface area (TPSA) is 24.9 Å². The molecule has 2 rings (SSSR count). The van der Waals surface area contributed by atoms with Crippen molar-refractivity contribution in [3.8, 4) is 0 Å². The fraction of sp³-hybridized carbons (Fsp3) is 0.250. The Kier molecular flexibility index (Phi) is 3.64. The minimum absolute atomic E-state index is 0.190. The minimum Gasteiger partial charge on any atom is -0.315 e. The van der Waals surface area contributed by atoms with Gasteiger partial charge in [0.1, 0.15) is 5.82 Å². The molecule has 2 nitrogen and oxygen atoms in total. The second-order valence-corrected chi connectivity index (χ2v) is 4.76. The van der Waals surface area contributed by atoms with Crippen LogP contribution in [0.2, 0.25) is 0 Å². The van der Waals surface area contributed by atoms with E-state index in [1.165, 1.54) is 10.9 Å². The molecule has 1 aromatic heterocycles. The van der Waals surface area contributed by atoms with Crippen LogP contribution in [0.4, 0.5) is 4.39 Å². The molecule has 0 amide bonds. The Balaban J connectivity index is 2.08. The third-order valence-corrected chi connectivity index (χ3v) is 3.19. The van der Waals surface area contributed by atoms with Gasteiger partial charge in [-0.15, -0.1) is 11.3 Å². The van der Waals surface area contributed by atoms with E-state index < -0.39 is 0 Å². The smallest absolute Gasteiger partial charge is 0.123 e. The first-order chi connectivity index (χ1) is 7.78. The Morgan fingerprint density at radius 2 is 2.31 bits per heavy atom. The highest BCUT2D eigenvalue weighted by molar-refractivity contribution is 7.11. The zero-order valence-corrected chi connectivity index (χ0v) is 9.85. The molecular weight excluding hydrogens is 223 g/mol. The second-order valence-electron chi connectivity index (χ2n) is 3.56. The SMILES string of the molecule is CNCc1cnc(Cc2cccc(F)c2)s1. The lowest BCUT2D eigenvalue weighted by atomic mass is 10.1. The van der Waals surface area contributed by atoms with Crippen molar-refractivity contribution in [1.82, 2.24) is 10.3 Å². The number of benzene rings is 1. The van der Waals surface area contributed by atoms with Crippen molar-refractivity contribution in [2.45, 2.75) is 13.0 Å². The standard InChI is InChI=1S/C12H13FN2S/c1-14-7-11-8-15-12(16-11)6-9-3-2-4-10(13)5-9/h2-5,8,14H,6-7H2,1H3. The van der Waals surface area contributed by atoms with Crippen LogP contribution in [0.15, 0.2) is 30.5 Å². The number of nitrogens with zero attached hydrogens (tertiary/aromatic N) is 1. The highest BCUT2D eigenvalue weighted by atomic mass is 32.1. The molecule has 0 aliphatic carbocycles. The summed E-state index contributed by atoms with van der Waals surface area (Å²) >= 11 is 1.66. The van der Waals surface area contributed by atoms with Crippen LogP contribution in [0, 0.1) is 5.82 Å². The van der Waals surface area contributed by atoms with Crippen molar-refractivity contribution in [2.24, 2.45) is 0 Å². The van der Waals surface area contributed by atoms with Gasteiger partial charge in [-0.25, -0.2) is 9.37 Å². The van der Waals surface area contributed by atoms with E-state index in [9.17, 15) is 4.39 Å². The van der Waals surface area contributed by atoms with Gasteiger partial charge in [-0.1, -0.05) is 12.1 Å². The molecule has 0 radical (unpaired) electrons. The Morgan fingerprint density at radius 3 is 3.06 bits per heavy atom. The fourth-order valence-corrected chi connectivity index (χ4v) is 2.48. The third-order valence-electron chi connectivity index (χ3n) is 2.20. The van der Waals surface area contributed by atoms with Crippen LogP contribution in [-0.2, 0) is 13.0 Å². The molecule has 1 aromatic carbocycles. The summed E-state index contributed by atoms with van der Waals surface area (Å²) in [7, 11) is 1.91. The lowest BCUT2D eigenvalue weighted by Gasteiger charge is -1.97. The van der Waals surface area contributed by atoms with Gasteiger partial charge in [0.25, 0.3) is 0 Å². The van der Waals surface area contributed by atoms with E-state index in [0.29, 0.717) is 6.42 Å². The van der Waals surface area contributed by atoms with Crippen molar-refractivity contribution in [1.29, 1.82) is 0 Å². The summed E-state index contributed by atoms with van der Waals surface area (Å²) in [5.41, 5.74) is 0.963. The summed E-state index contributed by atoms with van der Waals surface area (Å²) in [6.07, 6.45) is 2.57. The second kappa shape index (κ2) is 5.18. The molecule has 0 saturated heterocycles. The first-order valence-corrected chi connectivity index (χ1v) is 5.92. The van der Waals surface area contributed by atoms with Crippen LogP contribution < -0.4 is 5.32 Å². The van der Waals surface area contributed by atoms with E-state index in [1.807, 2.05) is 19.3 Å². The molecule has 16 heavy (non-hydrogen) atoms. The number of aromatic nitrogens is 1. The van der Waals surface area contributed by atoms with Gasteiger partial charge in [-0.2, -0.15) is 0 Å². The summed E-state index contributed by atoms with van der Waals surface area (Å²) in [5.74, 6) is -0.190. The zero-order chi connectivity index (χ0) is 11.4. The number of rotatable bonds is 4. The van der Waals surface area contributed by atoms with Gasteiger partial charge in [-0.05, 0) is 24.7 Å². The molecule has 1 N–H and O–H groups in total. The average Bonchev–Trinajstić information content (AvgIpc) is 2.66. The van der Waals surface area contributed by atoms with Gasteiger partial charge in [0, 0.05) is 24.0 Å². The minimum atomic E-state index is -0.190. The van der Waals surface area contributed by atoms with Crippen LogP contribution in [0.25, 0.3) is 0 Å². The molecule has 4 heteroatoms. The van der Waals surface area contributed by atoms with Gasteiger partial charge < -0.3 is 5.32 Å². The van der Waals surface area contributed by atoms with Crippen LogP contribution in [0.1, 0.15) is 15.4 Å². The van der Waals surface area contributed by atoms with Gasteiger partial charge in [-0.3, -0.25) is 0 Å². The van der Waals surface area contributed by atoms with Crippen LogP contribution in [-0.4, -0.2) is 12.0 Å². The Bertz CT molecular complexity index is 468. The summed E-state index contributed by atoms with van der Waals surface area (Å²) in [6, 6.07) is 6.66. The van der Waals surface area contributed by atoms with Gasteiger partial charge in [0.2, 0.25) is 0 Å². The number of hydrogen-bond acceptors (Lipinski definition) is 3. The van der Waals surface area contributed by atoms with E-state index in [4.69, 9.17) is 0 Å². The maximum Gasteiger partial charge on any atom is 0.123 e. The van der Waals surface area contributed by atoms with E-state index >= 15 is 0 Å². The molecule has 0 spiro atoms. The molecule has 2 aromatic rings. The summed E-state index contributed by atoms with van der Waals surface area (Å²) in [6.45, 7) is 0.834. The number of nitrogens with one attached hydrogen (secondary N) is 1. The fourth-order valence-electron chi connectivity index (χ4n) is 1.51. The predicted molar refractivity (Wildman–Crippen MR) is 64.1 cm³/mol. The lowest BCUT2D eigenvalue weighted by molar-refractivity contribution is 0.626. The highest BCUT2D eigenvalue weighted by Crippen LogP contribution is 2.17. The van der Waals surface area contributed by atoms with Crippen LogP contribution >= 0.6 is 11.3 Å². The average molecular weight is 236 g/mol. The number of halogens is 1. The predicted octanol–water partition coefficient (Wildman–Crippen LogP) is 2.59. The molecule has 0 atom stereocenters. The summed E-state index contributed by atoms with van der Waals surface area (Å²) in [4.78, 5) is 5.52. The first kappa shape index (κ1) is 11.2. The monoisotopic (exact) mass is 236 g/mol. The van der Waals surface area contributed by atoms with Gasteiger partial charge in [0.15, 0.2) is 0 Å². The largest absolute Gasteiger partial charge is 0.315 e. The molecule has 84 valence electrons. The van der Waals surface area contributed by atoms with E-state index in [1.54, 1.807) is 23.5 Å². The van der Waals surface area contributed by atoms with E-state index in [2.05, 4.69) is 10.3 Å². The first-order valence-electron chi connectivity index (χ1n) is 5.10. The number of thiazole rings is 1. The Labute approximate surface area is 98.2 Å². The lowest BCUT2D eigenvalue weighted by Crippen LogP contribution is -2.02. The van der Waals surface area contributed by atoms with Crippen molar-refractivity contribution in [3.05, 3.63) is 51.7 Å². The van der Waals surface area contributed by atoms with Crippen molar-refractivity contribution >= 4 is 11.3 Å². The van der Waals surface area contributed by atoms with Crippen LogP contribution in [0.5, 0.6) is 0 Å². The van der Waals surface area contributed by atoms with E-state index in [0.717, 1.165) is 17.1 Å². The van der Waals surface area contributed by atoms with Crippen molar-refractivity contribution in [2.75, 3.05) is 7.05 Å². The molecule has 0 unspecified atom stereocenters. The molecule has 0 fully saturated rings. The molecule has 0 aliphatic heterocycles. The Hall–Kier alpha value is -1.26. The van der Waals surface area contributed by atoms with Gasteiger partial charge >= 0.3 is 0 Å². The zero-order valence-electron chi connectivity index (χ0n) is 9.03. The van der Waals surface area contributed by atoms with Gasteiger partial charge in [0.05, 0.1) is 5.01 Å². The maximum atomic E-state index is 13.0. The normalized spacial score (nSPS) is 10.6. The van der Waals surface area contributed by atoms with E-state index in [-0.39, 0.29) is 5.82 Å². The molecular formula is C12H13FN2S. The molecule has 1 heterocycles. The molecule has 0 saturated carbocycles. The maximum absolute atomic E-state index is 13.0. The highest BCUT2D eigenvalue weighted by Gasteiger charge is 2.03. The summed E-state index contributed by atoms with van der Waals surface area (Å²) in [5, 5.41) is 4.10. The van der Waals surface area contributed by atoms with Crippen molar-refractivity contribution in [3.63, 3.8) is 0 Å². The van der Waals surface area contributed by atoms with Crippen LogP contribution in [0.3, 0.4) is 0 Å². The third kappa shape index (κ3) is 2.87. The van der Waals surface area contributed by atoms with Crippen molar-refractivity contribution < 1.29 is 4.39 Å². The summed E-state index contributed by atoms with van der Waals surface area (Å²) < 4.78 is 13.0. The number of hydrogen-bond donors (Lipinski definition) is 1. The molecule has 0 aliphatic rings. The Morgan fingerprint density at radius 1 is 1.44 bits per heavy atom. The quantitative estimate of drug-likeness (QED) is 0.882.